The molecule has 0 saturated carbocycles. The van der Waals surface area contributed by atoms with E-state index in [1.807, 2.05) is 17.5 Å². The molecule has 0 amide bonds. The number of nitrogens with two attached hydrogens (primary N) is 1. The van der Waals surface area contributed by atoms with Crippen molar-refractivity contribution in [2.24, 2.45) is 0 Å². The molecule has 0 spiro atoms. The summed E-state index contributed by atoms with van der Waals surface area (Å²) in [7, 11) is 0. The van der Waals surface area contributed by atoms with Crippen molar-refractivity contribution in [2.45, 2.75) is 0 Å². The number of nitrogen functional groups attached to an aromatic ring is 1. The molecule has 0 aliphatic heterocycles. The quantitative estimate of drug-likeness (QED) is 0.550. The number of nitrogens with zero attached hydrogens (tertiary/aromatic N) is 2. The van der Waals surface area contributed by atoms with Crippen LogP contribution in [0.3, 0.4) is 0 Å². The van der Waals surface area contributed by atoms with E-state index in [2.05, 4.69) is 21.1 Å². The number of rotatable bonds is 3. The number of nitro benzene ring substituents is 1. The van der Waals surface area contributed by atoms with Gasteiger partial charge in [0.05, 0.1) is 10.5 Å². The predicted molar refractivity (Wildman–Crippen MR) is 84.0 cm³/mol. The minimum atomic E-state index is -0.460. The van der Waals surface area contributed by atoms with Gasteiger partial charge < -0.3 is 10.3 Å². The van der Waals surface area contributed by atoms with Gasteiger partial charge in [-0.25, -0.2) is 0 Å². The monoisotopic (exact) mass is 365 g/mol. The molecule has 2 N–H and O–H groups in total. The van der Waals surface area contributed by atoms with Crippen LogP contribution in [0.25, 0.3) is 21.8 Å². The van der Waals surface area contributed by atoms with Gasteiger partial charge in [-0.3, -0.25) is 10.1 Å². The van der Waals surface area contributed by atoms with Crippen LogP contribution in [0.5, 0.6) is 0 Å². The number of nitro groups is 1. The average Bonchev–Trinajstić information content (AvgIpc) is 3.06. The zero-order chi connectivity index (χ0) is 15.0. The predicted octanol–water partition coefficient (Wildman–Crippen LogP) is 4.32. The normalized spacial score (nSPS) is 10.7. The van der Waals surface area contributed by atoms with Crippen molar-refractivity contribution < 1.29 is 9.45 Å². The van der Waals surface area contributed by atoms with Crippen LogP contribution in [0.1, 0.15) is 0 Å². The Morgan fingerprint density at radius 3 is 2.86 bits per heavy atom. The summed E-state index contributed by atoms with van der Waals surface area (Å²) in [5.74, 6) is 0.675. The van der Waals surface area contributed by atoms with Gasteiger partial charge in [-0.2, -0.15) is 0 Å². The molecule has 2 heterocycles. The van der Waals surface area contributed by atoms with Gasteiger partial charge in [0.25, 0.3) is 5.69 Å². The Labute approximate surface area is 131 Å². The summed E-state index contributed by atoms with van der Waals surface area (Å²) in [6.45, 7) is 0. The number of halogens is 1. The molecule has 0 aliphatic rings. The Hall–Kier alpha value is -2.19. The van der Waals surface area contributed by atoms with E-state index >= 15 is 0 Å². The van der Waals surface area contributed by atoms with Crippen LogP contribution >= 0.6 is 27.3 Å². The van der Waals surface area contributed by atoms with Gasteiger partial charge in [-0.15, -0.1) is 11.3 Å². The molecule has 0 aliphatic carbocycles. The van der Waals surface area contributed by atoms with E-state index in [-0.39, 0.29) is 11.5 Å². The van der Waals surface area contributed by atoms with Crippen LogP contribution < -0.4 is 5.73 Å². The molecule has 8 heteroatoms. The first-order chi connectivity index (χ1) is 10.1. The van der Waals surface area contributed by atoms with E-state index in [0.717, 1.165) is 4.88 Å². The summed E-state index contributed by atoms with van der Waals surface area (Å²) in [4.78, 5) is 11.4. The van der Waals surface area contributed by atoms with Crippen LogP contribution in [-0.2, 0) is 0 Å². The molecule has 0 radical (unpaired) electrons. The lowest BCUT2D eigenvalue weighted by atomic mass is 10.1. The van der Waals surface area contributed by atoms with Crippen LogP contribution in [0.15, 0.2) is 44.7 Å². The highest BCUT2D eigenvalue weighted by atomic mass is 79.9. The van der Waals surface area contributed by atoms with Crippen molar-refractivity contribution in [3.05, 3.63) is 50.3 Å². The second-order valence-electron chi connectivity index (χ2n) is 4.20. The Morgan fingerprint density at radius 1 is 1.38 bits per heavy atom. The lowest BCUT2D eigenvalue weighted by Gasteiger charge is -2.02. The smallest absolute Gasteiger partial charge is 0.271 e. The van der Waals surface area contributed by atoms with Crippen molar-refractivity contribution in [3.63, 3.8) is 0 Å². The molecule has 2 aromatic heterocycles. The number of hydrogen-bond donors (Lipinski definition) is 1. The van der Waals surface area contributed by atoms with Crippen LogP contribution in [0, 0.1) is 10.1 Å². The minimum Gasteiger partial charge on any atom is -0.380 e. The first-order valence-electron chi connectivity index (χ1n) is 5.80. The summed E-state index contributed by atoms with van der Waals surface area (Å²) in [6.07, 6.45) is 0. The Balaban J connectivity index is 2.20. The van der Waals surface area contributed by atoms with E-state index in [1.165, 1.54) is 23.5 Å². The number of hydrogen-bond acceptors (Lipinski definition) is 6. The number of aromatic nitrogens is 1. The second-order valence-corrected chi connectivity index (χ2v) is 6.07. The van der Waals surface area contributed by atoms with Gasteiger partial charge in [0.1, 0.15) is 0 Å². The van der Waals surface area contributed by atoms with E-state index in [1.54, 1.807) is 6.07 Å². The van der Waals surface area contributed by atoms with E-state index < -0.39 is 4.92 Å². The minimum absolute atomic E-state index is 0.0357. The first-order valence-corrected chi connectivity index (χ1v) is 7.48. The molecule has 0 bridgehead atoms. The van der Waals surface area contributed by atoms with Crippen molar-refractivity contribution >= 4 is 38.8 Å². The lowest BCUT2D eigenvalue weighted by molar-refractivity contribution is -0.384. The maximum Gasteiger partial charge on any atom is 0.271 e. The maximum atomic E-state index is 11.0. The van der Waals surface area contributed by atoms with Gasteiger partial charge in [0.15, 0.2) is 11.6 Å². The fraction of sp³-hybridized carbons (Fsp3) is 0. The first kappa shape index (κ1) is 13.8. The van der Waals surface area contributed by atoms with E-state index in [4.69, 9.17) is 10.3 Å². The summed E-state index contributed by atoms with van der Waals surface area (Å²) in [5, 5.41) is 16.7. The van der Waals surface area contributed by atoms with Crippen molar-refractivity contribution in [1.82, 2.24) is 5.16 Å². The molecule has 21 heavy (non-hydrogen) atoms. The van der Waals surface area contributed by atoms with Gasteiger partial charge in [0, 0.05) is 27.0 Å². The summed E-state index contributed by atoms with van der Waals surface area (Å²) < 4.78 is 5.87. The molecule has 3 aromatic rings. The SMILES string of the molecule is Nc1noc(-c2cc(Br)cc([N+](=O)[O-])c2)c1-c1cccs1. The third-order valence-electron chi connectivity index (χ3n) is 2.84. The van der Waals surface area contributed by atoms with Gasteiger partial charge >= 0.3 is 0 Å². The highest BCUT2D eigenvalue weighted by Crippen LogP contribution is 2.40. The third kappa shape index (κ3) is 2.55. The topological polar surface area (TPSA) is 95.2 Å². The average molecular weight is 366 g/mol. The van der Waals surface area contributed by atoms with Gasteiger partial charge in [-0.1, -0.05) is 27.2 Å². The zero-order valence-corrected chi connectivity index (χ0v) is 12.8. The third-order valence-corrected chi connectivity index (χ3v) is 4.19. The standard InChI is InChI=1S/C13H8BrN3O3S/c14-8-4-7(5-9(6-8)17(18)19)12-11(13(15)16-20-12)10-2-1-3-21-10/h1-6H,(H2,15,16). The van der Waals surface area contributed by atoms with Crippen molar-refractivity contribution in [1.29, 1.82) is 0 Å². The molecule has 106 valence electrons. The fourth-order valence-corrected chi connectivity index (χ4v) is 3.23. The summed E-state index contributed by atoms with van der Waals surface area (Å²) in [6, 6.07) is 8.36. The van der Waals surface area contributed by atoms with Crippen LogP contribution in [0.4, 0.5) is 11.5 Å². The van der Waals surface area contributed by atoms with Crippen LogP contribution in [0.2, 0.25) is 0 Å². The molecular formula is C13H8BrN3O3S. The number of thiophene rings is 1. The van der Waals surface area contributed by atoms with E-state index in [9.17, 15) is 10.1 Å². The Bertz CT molecular complexity index is 814. The van der Waals surface area contributed by atoms with Gasteiger partial charge in [-0.05, 0) is 17.5 Å². The summed E-state index contributed by atoms with van der Waals surface area (Å²) in [5.41, 5.74) is 7.02. The molecule has 3 rings (SSSR count). The second kappa shape index (κ2) is 5.30. The van der Waals surface area contributed by atoms with Crippen molar-refractivity contribution in [3.8, 4) is 21.8 Å². The van der Waals surface area contributed by atoms with Gasteiger partial charge in [0.2, 0.25) is 0 Å². The van der Waals surface area contributed by atoms with Crippen molar-refractivity contribution in [2.75, 3.05) is 5.73 Å². The lowest BCUT2D eigenvalue weighted by Crippen LogP contribution is -1.90. The number of anilines is 1. The largest absolute Gasteiger partial charge is 0.380 e. The zero-order valence-electron chi connectivity index (χ0n) is 10.4. The number of benzene rings is 1. The molecule has 1 aromatic carbocycles. The number of non-ortho nitro benzene ring substituents is 1. The molecule has 6 nitrogen and oxygen atoms in total. The van der Waals surface area contributed by atoms with Crippen LogP contribution in [-0.4, -0.2) is 10.1 Å². The fourth-order valence-electron chi connectivity index (χ4n) is 1.97. The Kier molecular flexibility index (Phi) is 3.48. The summed E-state index contributed by atoms with van der Waals surface area (Å²) >= 11 is 4.76. The Morgan fingerprint density at radius 2 is 2.19 bits per heavy atom. The van der Waals surface area contributed by atoms with E-state index in [0.29, 0.717) is 21.4 Å². The highest BCUT2D eigenvalue weighted by Gasteiger charge is 2.21. The molecular weight excluding hydrogens is 358 g/mol. The highest BCUT2D eigenvalue weighted by molar-refractivity contribution is 9.10. The molecule has 0 fully saturated rings. The molecule has 0 saturated heterocycles. The maximum absolute atomic E-state index is 11.0. The molecule has 0 unspecified atom stereocenters. The molecule has 0 atom stereocenters.